The maximum Gasteiger partial charge on any atom is 0.244 e. The van der Waals surface area contributed by atoms with Gasteiger partial charge in [-0.05, 0) is 24.5 Å². The summed E-state index contributed by atoms with van der Waals surface area (Å²) in [4.78, 5) is 4.38. The van der Waals surface area contributed by atoms with Gasteiger partial charge in [-0.15, -0.1) is 0 Å². The van der Waals surface area contributed by atoms with Crippen LogP contribution in [0.2, 0.25) is 0 Å². The summed E-state index contributed by atoms with van der Waals surface area (Å²) >= 11 is 0. The fraction of sp³-hybridized carbons (Fsp3) is 0.429. The zero-order valence-electron chi connectivity index (χ0n) is 10.9. The number of fused-ring (bicyclic) bond motifs is 1. The van der Waals surface area contributed by atoms with E-state index in [0.29, 0.717) is 24.9 Å². The van der Waals surface area contributed by atoms with E-state index in [9.17, 15) is 0 Å². The van der Waals surface area contributed by atoms with Gasteiger partial charge in [-0.25, -0.2) is 0 Å². The maximum absolute atomic E-state index is 5.31. The zero-order valence-corrected chi connectivity index (χ0v) is 10.9. The Bertz CT molecular complexity index is 553. The maximum atomic E-state index is 5.31. The van der Waals surface area contributed by atoms with E-state index in [4.69, 9.17) is 9.26 Å². The molecular formula is C14H17N3O2. The van der Waals surface area contributed by atoms with Crippen molar-refractivity contribution < 1.29 is 9.26 Å². The predicted octanol–water partition coefficient (Wildman–Crippen LogP) is 1.99. The Balaban J connectivity index is 1.72. The Morgan fingerprint density at radius 2 is 2.21 bits per heavy atom. The van der Waals surface area contributed by atoms with Gasteiger partial charge in [0.05, 0.1) is 6.04 Å². The number of nitrogens with zero attached hydrogens (tertiary/aromatic N) is 2. The molecule has 1 aliphatic rings. The van der Waals surface area contributed by atoms with E-state index in [1.807, 2.05) is 6.92 Å². The lowest BCUT2D eigenvalue weighted by molar-refractivity contribution is 0.126. The minimum Gasteiger partial charge on any atom is -0.374 e. The fourth-order valence-electron chi connectivity index (χ4n) is 2.29. The molecule has 100 valence electrons. The molecule has 0 radical (unpaired) electrons. The molecule has 0 bridgehead atoms. The van der Waals surface area contributed by atoms with E-state index in [0.717, 1.165) is 13.0 Å². The summed E-state index contributed by atoms with van der Waals surface area (Å²) in [6.45, 7) is 3.84. The summed E-state index contributed by atoms with van der Waals surface area (Å²) < 4.78 is 10.6. The topological polar surface area (TPSA) is 60.2 Å². The van der Waals surface area contributed by atoms with Crippen LogP contribution in [0.15, 0.2) is 28.8 Å². The molecule has 0 aliphatic carbocycles. The Labute approximate surface area is 112 Å². The standard InChI is InChI=1S/C14H17N3O2/c1-2-18-9-13-16-14(19-17-13)12-7-10-5-3-4-6-11(10)8-15-12/h3-6,12,15H,2,7-9H2,1H3/t12-/m1/s1. The van der Waals surface area contributed by atoms with Gasteiger partial charge in [0.1, 0.15) is 6.61 Å². The summed E-state index contributed by atoms with van der Waals surface area (Å²) in [5.74, 6) is 1.25. The van der Waals surface area contributed by atoms with Crippen LogP contribution in [0.25, 0.3) is 0 Å². The summed E-state index contributed by atoms with van der Waals surface area (Å²) in [6.07, 6.45) is 0.881. The van der Waals surface area contributed by atoms with E-state index in [2.05, 4.69) is 39.7 Å². The Morgan fingerprint density at radius 1 is 1.37 bits per heavy atom. The number of hydrogen-bond donors (Lipinski definition) is 1. The van der Waals surface area contributed by atoms with E-state index < -0.39 is 0 Å². The molecule has 3 rings (SSSR count). The second-order valence-corrected chi connectivity index (χ2v) is 4.59. The minimum absolute atomic E-state index is 0.0952. The van der Waals surface area contributed by atoms with Crippen LogP contribution in [0, 0.1) is 0 Å². The smallest absolute Gasteiger partial charge is 0.244 e. The van der Waals surface area contributed by atoms with Crippen molar-refractivity contribution in [2.75, 3.05) is 6.61 Å². The first-order valence-corrected chi connectivity index (χ1v) is 6.57. The summed E-state index contributed by atoms with van der Waals surface area (Å²) in [6, 6.07) is 8.52. The fourth-order valence-corrected chi connectivity index (χ4v) is 2.29. The second-order valence-electron chi connectivity index (χ2n) is 4.59. The van der Waals surface area contributed by atoms with Crippen molar-refractivity contribution >= 4 is 0 Å². The number of hydrogen-bond acceptors (Lipinski definition) is 5. The van der Waals surface area contributed by atoms with Gasteiger partial charge >= 0.3 is 0 Å². The van der Waals surface area contributed by atoms with Crippen molar-refractivity contribution in [1.29, 1.82) is 0 Å². The molecule has 1 atom stereocenters. The molecular weight excluding hydrogens is 242 g/mol. The van der Waals surface area contributed by atoms with Gasteiger partial charge in [0, 0.05) is 13.2 Å². The lowest BCUT2D eigenvalue weighted by atomic mass is 9.96. The van der Waals surface area contributed by atoms with Gasteiger partial charge in [-0.3, -0.25) is 0 Å². The first-order valence-electron chi connectivity index (χ1n) is 6.57. The van der Waals surface area contributed by atoms with Crippen molar-refractivity contribution in [1.82, 2.24) is 15.5 Å². The third kappa shape index (κ3) is 2.67. The van der Waals surface area contributed by atoms with Gasteiger partial charge in [0.2, 0.25) is 5.89 Å². The van der Waals surface area contributed by atoms with Crippen LogP contribution in [0.1, 0.15) is 35.8 Å². The molecule has 0 fully saturated rings. The average Bonchev–Trinajstić information content (AvgIpc) is 2.93. The highest BCUT2D eigenvalue weighted by Crippen LogP contribution is 2.24. The SMILES string of the molecule is CCOCc1noc([C@H]2Cc3ccccc3CN2)n1. The van der Waals surface area contributed by atoms with Crippen LogP contribution >= 0.6 is 0 Å². The molecule has 5 nitrogen and oxygen atoms in total. The molecule has 0 unspecified atom stereocenters. The molecule has 0 saturated heterocycles. The van der Waals surface area contributed by atoms with Crippen molar-refractivity contribution in [3.8, 4) is 0 Å². The monoisotopic (exact) mass is 259 g/mol. The molecule has 19 heavy (non-hydrogen) atoms. The zero-order chi connectivity index (χ0) is 13.1. The molecule has 1 aromatic heterocycles. The Morgan fingerprint density at radius 3 is 3.05 bits per heavy atom. The highest BCUT2D eigenvalue weighted by atomic mass is 16.5. The van der Waals surface area contributed by atoms with Crippen LogP contribution in [0.5, 0.6) is 0 Å². The first kappa shape index (κ1) is 12.3. The quantitative estimate of drug-likeness (QED) is 0.910. The molecule has 2 aromatic rings. The molecule has 0 amide bonds. The molecule has 1 aromatic carbocycles. The van der Waals surface area contributed by atoms with Gasteiger partial charge in [-0.2, -0.15) is 4.98 Å². The van der Waals surface area contributed by atoms with Gasteiger partial charge < -0.3 is 14.6 Å². The van der Waals surface area contributed by atoms with Crippen molar-refractivity contribution in [2.45, 2.75) is 32.5 Å². The summed E-state index contributed by atoms with van der Waals surface area (Å²) in [5, 5.41) is 7.36. The molecule has 5 heteroatoms. The highest BCUT2D eigenvalue weighted by molar-refractivity contribution is 5.30. The minimum atomic E-state index is 0.0952. The predicted molar refractivity (Wildman–Crippen MR) is 69.4 cm³/mol. The molecule has 1 N–H and O–H groups in total. The number of rotatable bonds is 4. The largest absolute Gasteiger partial charge is 0.374 e. The molecule has 0 spiro atoms. The third-order valence-corrected chi connectivity index (χ3v) is 3.30. The Hall–Kier alpha value is -1.72. The van der Waals surface area contributed by atoms with E-state index >= 15 is 0 Å². The number of nitrogens with one attached hydrogen (secondary N) is 1. The van der Waals surface area contributed by atoms with Crippen molar-refractivity contribution in [3.05, 3.63) is 47.1 Å². The number of aromatic nitrogens is 2. The Kier molecular flexibility index (Phi) is 3.57. The lowest BCUT2D eigenvalue weighted by Crippen LogP contribution is -2.28. The molecule has 1 aliphatic heterocycles. The third-order valence-electron chi connectivity index (χ3n) is 3.30. The number of benzene rings is 1. The second kappa shape index (κ2) is 5.50. The highest BCUT2D eigenvalue weighted by Gasteiger charge is 2.23. The van der Waals surface area contributed by atoms with Gasteiger partial charge in [0.25, 0.3) is 0 Å². The average molecular weight is 259 g/mol. The summed E-state index contributed by atoms with van der Waals surface area (Å²) in [7, 11) is 0. The van der Waals surface area contributed by atoms with Crippen molar-refractivity contribution in [3.63, 3.8) is 0 Å². The van der Waals surface area contributed by atoms with E-state index in [-0.39, 0.29) is 6.04 Å². The van der Waals surface area contributed by atoms with Gasteiger partial charge in [-0.1, -0.05) is 29.4 Å². The lowest BCUT2D eigenvalue weighted by Gasteiger charge is -2.23. The van der Waals surface area contributed by atoms with Crippen LogP contribution in [0.4, 0.5) is 0 Å². The van der Waals surface area contributed by atoms with Crippen LogP contribution < -0.4 is 5.32 Å². The molecule has 0 saturated carbocycles. The van der Waals surface area contributed by atoms with E-state index in [1.165, 1.54) is 11.1 Å². The van der Waals surface area contributed by atoms with Crippen LogP contribution in [-0.4, -0.2) is 16.7 Å². The van der Waals surface area contributed by atoms with Crippen LogP contribution in [-0.2, 0) is 24.3 Å². The van der Waals surface area contributed by atoms with E-state index in [1.54, 1.807) is 0 Å². The molecule has 2 heterocycles. The summed E-state index contributed by atoms with van der Waals surface area (Å²) in [5.41, 5.74) is 2.68. The number of ether oxygens (including phenoxy) is 1. The first-order chi connectivity index (χ1) is 9.36. The van der Waals surface area contributed by atoms with Crippen molar-refractivity contribution in [2.24, 2.45) is 0 Å². The van der Waals surface area contributed by atoms with Crippen LogP contribution in [0.3, 0.4) is 0 Å². The van der Waals surface area contributed by atoms with Gasteiger partial charge in [0.15, 0.2) is 5.82 Å². The normalized spacial score (nSPS) is 18.3.